The number of carbonyl (C=O) groups is 1. The van der Waals surface area contributed by atoms with Crippen molar-refractivity contribution in [2.45, 2.75) is 24.1 Å². The molecule has 4 heteroatoms. The summed E-state index contributed by atoms with van der Waals surface area (Å²) in [5.74, 6) is -0.554. The molecule has 0 bridgehead atoms. The molecule has 1 fully saturated rings. The van der Waals surface area contributed by atoms with Gasteiger partial charge in [-0.2, -0.15) is 0 Å². The highest BCUT2D eigenvalue weighted by Gasteiger charge is 2.47. The van der Waals surface area contributed by atoms with Gasteiger partial charge in [0.05, 0.1) is 0 Å². The summed E-state index contributed by atoms with van der Waals surface area (Å²) in [6.45, 7) is 0. The van der Waals surface area contributed by atoms with Crippen LogP contribution in [0.1, 0.15) is 18.4 Å². The third-order valence-corrected chi connectivity index (χ3v) is 3.38. The summed E-state index contributed by atoms with van der Waals surface area (Å²) in [5, 5.41) is 0.329. The highest BCUT2D eigenvalue weighted by molar-refractivity contribution is 6.37. The van der Waals surface area contributed by atoms with E-state index in [4.69, 9.17) is 23.2 Å². The largest absolute Gasteiger partial charge is 0.297 e. The third-order valence-electron chi connectivity index (χ3n) is 2.55. The highest BCUT2D eigenvalue weighted by atomic mass is 35.5. The Hall–Kier alpha value is -0.600. The van der Waals surface area contributed by atoms with E-state index < -0.39 is 10.7 Å². The Bertz CT molecular complexity index is 413. The summed E-state index contributed by atoms with van der Waals surface area (Å²) >= 11 is 11.5. The van der Waals surface area contributed by atoms with Crippen LogP contribution >= 0.6 is 23.2 Å². The van der Waals surface area contributed by atoms with E-state index in [9.17, 15) is 9.18 Å². The standard InChI is InChI=1S/C11H9Cl2FO/c12-8-2-1-7(9(14)6-8)5-10(15)11(13)3-4-11/h1-2,6H,3-5H2. The molecule has 0 atom stereocenters. The number of hydrogen-bond donors (Lipinski definition) is 0. The Morgan fingerprint density at radius 1 is 1.47 bits per heavy atom. The molecule has 1 aromatic carbocycles. The van der Waals surface area contributed by atoms with Gasteiger partial charge in [0.1, 0.15) is 10.7 Å². The second kappa shape index (κ2) is 3.76. The first kappa shape index (κ1) is 10.9. The fourth-order valence-corrected chi connectivity index (χ4v) is 1.71. The van der Waals surface area contributed by atoms with Crippen molar-refractivity contribution >= 4 is 29.0 Å². The first-order chi connectivity index (χ1) is 7.01. The molecule has 1 saturated carbocycles. The van der Waals surface area contributed by atoms with Crippen LogP contribution in [-0.4, -0.2) is 10.7 Å². The van der Waals surface area contributed by atoms with Gasteiger partial charge in [-0.3, -0.25) is 4.79 Å². The van der Waals surface area contributed by atoms with E-state index in [0.717, 1.165) is 0 Å². The number of hydrogen-bond acceptors (Lipinski definition) is 1. The van der Waals surface area contributed by atoms with Crippen molar-refractivity contribution in [1.29, 1.82) is 0 Å². The molecule has 0 heterocycles. The molecule has 2 rings (SSSR count). The molecule has 0 unspecified atom stereocenters. The second-order valence-corrected chi connectivity index (χ2v) is 4.96. The molecule has 80 valence electrons. The molecule has 1 aliphatic rings. The van der Waals surface area contributed by atoms with E-state index in [1.54, 1.807) is 6.07 Å². The van der Waals surface area contributed by atoms with Crippen LogP contribution in [0.15, 0.2) is 18.2 Å². The van der Waals surface area contributed by atoms with Gasteiger partial charge in [0, 0.05) is 11.4 Å². The van der Waals surface area contributed by atoms with Crippen LogP contribution in [0.3, 0.4) is 0 Å². The lowest BCUT2D eigenvalue weighted by molar-refractivity contribution is -0.118. The number of alkyl halides is 1. The maximum Gasteiger partial charge on any atom is 0.158 e. The molecule has 1 aliphatic carbocycles. The second-order valence-electron chi connectivity index (χ2n) is 3.80. The molecule has 0 aliphatic heterocycles. The summed E-state index contributed by atoms with van der Waals surface area (Å²) in [6, 6.07) is 4.30. The van der Waals surface area contributed by atoms with Crippen LogP contribution in [-0.2, 0) is 11.2 Å². The minimum atomic E-state index is -0.716. The molecular formula is C11H9Cl2FO. The Balaban J connectivity index is 2.14. The average molecular weight is 247 g/mol. The summed E-state index contributed by atoms with van der Waals surface area (Å²) in [6.07, 6.45) is 1.44. The maximum absolute atomic E-state index is 13.3. The summed E-state index contributed by atoms with van der Waals surface area (Å²) in [4.78, 5) is 10.9. The first-order valence-electron chi connectivity index (χ1n) is 4.67. The van der Waals surface area contributed by atoms with E-state index in [2.05, 4.69) is 0 Å². The SMILES string of the molecule is O=C(Cc1ccc(Cl)cc1F)C1(Cl)CC1. The van der Waals surface area contributed by atoms with E-state index in [-0.39, 0.29) is 12.2 Å². The molecule has 0 saturated heterocycles. The Morgan fingerprint density at radius 3 is 2.67 bits per heavy atom. The number of rotatable bonds is 3. The average Bonchev–Trinajstić information content (AvgIpc) is 2.90. The predicted octanol–water partition coefficient (Wildman–Crippen LogP) is 3.36. The van der Waals surface area contributed by atoms with E-state index in [1.807, 2.05) is 0 Å². The zero-order valence-corrected chi connectivity index (χ0v) is 9.41. The van der Waals surface area contributed by atoms with Gasteiger partial charge in [-0.25, -0.2) is 4.39 Å². The van der Waals surface area contributed by atoms with Gasteiger partial charge in [-0.1, -0.05) is 17.7 Å². The molecule has 1 aromatic rings. The minimum Gasteiger partial charge on any atom is -0.297 e. The third kappa shape index (κ3) is 2.32. The molecular weight excluding hydrogens is 238 g/mol. The van der Waals surface area contributed by atoms with Crippen LogP contribution in [0.4, 0.5) is 4.39 Å². The zero-order valence-electron chi connectivity index (χ0n) is 7.90. The summed E-state index contributed by atoms with van der Waals surface area (Å²) in [7, 11) is 0. The molecule has 0 radical (unpaired) electrons. The van der Waals surface area contributed by atoms with E-state index in [0.29, 0.717) is 23.4 Å². The topological polar surface area (TPSA) is 17.1 Å². The van der Waals surface area contributed by atoms with Crippen molar-refractivity contribution in [1.82, 2.24) is 0 Å². The summed E-state index contributed by atoms with van der Waals surface area (Å²) < 4.78 is 13.3. The molecule has 15 heavy (non-hydrogen) atoms. The molecule has 0 N–H and O–H groups in total. The van der Waals surface area contributed by atoms with Crippen LogP contribution in [0, 0.1) is 5.82 Å². The van der Waals surface area contributed by atoms with Gasteiger partial charge in [-0.05, 0) is 30.5 Å². The van der Waals surface area contributed by atoms with Crippen LogP contribution < -0.4 is 0 Å². The number of carbonyl (C=O) groups excluding carboxylic acids is 1. The highest BCUT2D eigenvalue weighted by Crippen LogP contribution is 2.44. The minimum absolute atomic E-state index is 0.0481. The number of Topliss-reactive ketones (excluding diaryl/α,β-unsaturated/α-hetero) is 1. The van der Waals surface area contributed by atoms with Gasteiger partial charge in [0.25, 0.3) is 0 Å². The first-order valence-corrected chi connectivity index (χ1v) is 5.43. The maximum atomic E-state index is 13.3. The lowest BCUT2D eigenvalue weighted by Gasteiger charge is -2.06. The molecule has 0 spiro atoms. The van der Waals surface area contributed by atoms with Crippen molar-refractivity contribution in [3.63, 3.8) is 0 Å². The van der Waals surface area contributed by atoms with Gasteiger partial charge in [0.2, 0.25) is 0 Å². The number of ketones is 1. The van der Waals surface area contributed by atoms with Crippen molar-refractivity contribution < 1.29 is 9.18 Å². The Morgan fingerprint density at radius 2 is 2.13 bits per heavy atom. The van der Waals surface area contributed by atoms with Crippen LogP contribution in [0.25, 0.3) is 0 Å². The Labute approximate surface area is 97.2 Å². The van der Waals surface area contributed by atoms with Crippen molar-refractivity contribution in [2.75, 3.05) is 0 Å². The number of halogens is 3. The normalized spacial score (nSPS) is 17.5. The van der Waals surface area contributed by atoms with Crippen LogP contribution in [0.2, 0.25) is 5.02 Å². The zero-order chi connectivity index (χ0) is 11.1. The quantitative estimate of drug-likeness (QED) is 0.748. The fourth-order valence-electron chi connectivity index (χ4n) is 1.39. The van der Waals surface area contributed by atoms with Gasteiger partial charge >= 0.3 is 0 Å². The molecule has 1 nitrogen and oxygen atoms in total. The van der Waals surface area contributed by atoms with E-state index in [1.165, 1.54) is 12.1 Å². The van der Waals surface area contributed by atoms with Crippen LogP contribution in [0.5, 0.6) is 0 Å². The van der Waals surface area contributed by atoms with Gasteiger partial charge in [0.15, 0.2) is 5.78 Å². The fraction of sp³-hybridized carbons (Fsp3) is 0.364. The van der Waals surface area contributed by atoms with Gasteiger partial charge in [-0.15, -0.1) is 11.6 Å². The number of benzene rings is 1. The van der Waals surface area contributed by atoms with Crippen molar-refractivity contribution in [2.24, 2.45) is 0 Å². The Kier molecular flexibility index (Phi) is 2.73. The molecule has 0 amide bonds. The lowest BCUT2D eigenvalue weighted by atomic mass is 10.1. The van der Waals surface area contributed by atoms with E-state index >= 15 is 0 Å². The van der Waals surface area contributed by atoms with Crippen molar-refractivity contribution in [3.05, 3.63) is 34.6 Å². The predicted molar refractivity (Wildman–Crippen MR) is 57.9 cm³/mol. The lowest BCUT2D eigenvalue weighted by Crippen LogP contribution is -2.18. The smallest absolute Gasteiger partial charge is 0.158 e. The van der Waals surface area contributed by atoms with Crippen molar-refractivity contribution in [3.8, 4) is 0 Å². The molecule has 0 aromatic heterocycles. The monoisotopic (exact) mass is 246 g/mol. The summed E-state index contributed by atoms with van der Waals surface area (Å²) in [5.41, 5.74) is 0.358. The van der Waals surface area contributed by atoms with Gasteiger partial charge < -0.3 is 0 Å².